The lowest BCUT2D eigenvalue weighted by molar-refractivity contribution is -0.150. The summed E-state index contributed by atoms with van der Waals surface area (Å²) < 4.78 is 19.7. The van der Waals surface area contributed by atoms with Crippen molar-refractivity contribution in [3.05, 3.63) is 29.3 Å². The summed E-state index contributed by atoms with van der Waals surface area (Å²) in [6, 6.07) is 6.74. The molecule has 0 radical (unpaired) electrons. The molecule has 0 aliphatic carbocycles. The summed E-state index contributed by atoms with van der Waals surface area (Å²) in [4.78, 5) is 24.5. The summed E-state index contributed by atoms with van der Waals surface area (Å²) in [5.74, 6) is -1.60. The molecule has 2 atom stereocenters. The van der Waals surface area contributed by atoms with Gasteiger partial charge >= 0.3 is 5.97 Å². The van der Waals surface area contributed by atoms with Gasteiger partial charge in [0.15, 0.2) is 6.10 Å². The molecule has 2 unspecified atom stereocenters. The van der Waals surface area contributed by atoms with Gasteiger partial charge in [-0.3, -0.25) is 4.79 Å². The first-order chi connectivity index (χ1) is 10.4. The zero-order valence-corrected chi connectivity index (χ0v) is 12.8. The lowest BCUT2D eigenvalue weighted by Gasteiger charge is -2.24. The highest BCUT2D eigenvalue weighted by atomic mass is 35.5. The third kappa shape index (κ3) is 3.32. The van der Waals surface area contributed by atoms with E-state index in [1.807, 2.05) is 0 Å². The van der Waals surface area contributed by atoms with Gasteiger partial charge in [0.1, 0.15) is 5.75 Å². The van der Waals surface area contributed by atoms with Crippen LogP contribution in [0.1, 0.15) is 19.8 Å². The van der Waals surface area contributed by atoms with Crippen molar-refractivity contribution in [2.75, 3.05) is 13.1 Å². The number of ether oxygens (including phenoxy) is 1. The molecule has 0 spiro atoms. The van der Waals surface area contributed by atoms with Crippen molar-refractivity contribution in [2.45, 2.75) is 31.5 Å². The number of carboxylic acid groups (broad SMARTS) is 1. The van der Waals surface area contributed by atoms with Crippen LogP contribution in [-0.4, -0.2) is 46.7 Å². The molecule has 1 amide bonds. The van der Waals surface area contributed by atoms with E-state index in [4.69, 9.17) is 21.4 Å². The van der Waals surface area contributed by atoms with Crippen molar-refractivity contribution < 1.29 is 23.8 Å². The average molecular weight is 330 g/mol. The number of halogens is 2. The molecular formula is C15H17ClFNO4. The number of amides is 1. The first-order valence-corrected chi connectivity index (χ1v) is 7.37. The highest BCUT2D eigenvalue weighted by Gasteiger charge is 2.47. The quantitative estimate of drug-likeness (QED) is 0.901. The van der Waals surface area contributed by atoms with Gasteiger partial charge in [0.25, 0.3) is 5.91 Å². The van der Waals surface area contributed by atoms with Crippen molar-refractivity contribution in [1.82, 2.24) is 4.90 Å². The molecule has 1 saturated heterocycles. The van der Waals surface area contributed by atoms with Gasteiger partial charge in [0, 0.05) is 13.0 Å². The Hall–Kier alpha value is -1.82. The molecule has 1 fully saturated rings. The fraction of sp³-hybridized carbons (Fsp3) is 0.467. The number of hydrogen-bond donors (Lipinski definition) is 1. The maximum atomic E-state index is 14.0. The van der Waals surface area contributed by atoms with E-state index in [0.717, 1.165) is 0 Å². The highest BCUT2D eigenvalue weighted by molar-refractivity contribution is 6.32. The van der Waals surface area contributed by atoms with Crippen LogP contribution in [0.2, 0.25) is 5.02 Å². The minimum Gasteiger partial charge on any atom is -0.479 e. The molecule has 1 N–H and O–H groups in total. The van der Waals surface area contributed by atoms with Crippen molar-refractivity contribution >= 4 is 23.5 Å². The fourth-order valence-electron chi connectivity index (χ4n) is 2.34. The van der Waals surface area contributed by atoms with E-state index in [-0.39, 0.29) is 13.0 Å². The third-order valence-electron chi connectivity index (χ3n) is 3.67. The van der Waals surface area contributed by atoms with Crippen LogP contribution in [0.15, 0.2) is 24.3 Å². The molecule has 0 aromatic heterocycles. The molecule has 1 heterocycles. The SMILES string of the molecule is CCC(Oc1ccccc1Cl)C(=O)N1CCC(F)(C(=O)O)C1. The van der Waals surface area contributed by atoms with Gasteiger partial charge < -0.3 is 14.7 Å². The van der Waals surface area contributed by atoms with Crippen LogP contribution in [0.4, 0.5) is 4.39 Å². The predicted octanol–water partition coefficient (Wildman–Crippen LogP) is 2.52. The largest absolute Gasteiger partial charge is 0.479 e. The molecule has 0 bridgehead atoms. The Labute approximate surface area is 132 Å². The van der Waals surface area contributed by atoms with Crippen LogP contribution in [0.3, 0.4) is 0 Å². The Morgan fingerprint density at radius 3 is 2.73 bits per heavy atom. The first-order valence-electron chi connectivity index (χ1n) is 6.99. The van der Waals surface area contributed by atoms with Crippen LogP contribution >= 0.6 is 11.6 Å². The van der Waals surface area contributed by atoms with E-state index in [0.29, 0.717) is 17.2 Å². The number of carboxylic acids is 1. The van der Waals surface area contributed by atoms with Crippen LogP contribution in [0.25, 0.3) is 0 Å². The Bertz CT molecular complexity index is 582. The van der Waals surface area contributed by atoms with Crippen molar-refractivity contribution in [3.63, 3.8) is 0 Å². The van der Waals surface area contributed by atoms with Crippen LogP contribution in [0, 0.1) is 0 Å². The Kier molecular flexibility index (Phi) is 4.90. The Morgan fingerprint density at radius 1 is 1.50 bits per heavy atom. The summed E-state index contributed by atoms with van der Waals surface area (Å²) in [6.45, 7) is 1.36. The zero-order valence-electron chi connectivity index (χ0n) is 12.1. The number of hydrogen-bond acceptors (Lipinski definition) is 3. The van der Waals surface area contributed by atoms with E-state index in [9.17, 15) is 14.0 Å². The number of benzene rings is 1. The Morgan fingerprint density at radius 2 is 2.18 bits per heavy atom. The monoisotopic (exact) mass is 329 g/mol. The molecular weight excluding hydrogens is 313 g/mol. The van der Waals surface area contributed by atoms with Gasteiger partial charge in [-0.1, -0.05) is 30.7 Å². The number of para-hydroxylation sites is 1. The average Bonchev–Trinajstić information content (AvgIpc) is 2.90. The third-order valence-corrected chi connectivity index (χ3v) is 3.98. The van der Waals surface area contributed by atoms with Crippen LogP contribution < -0.4 is 4.74 Å². The summed E-state index contributed by atoms with van der Waals surface area (Å²) in [5, 5.41) is 9.25. The highest BCUT2D eigenvalue weighted by Crippen LogP contribution is 2.29. The molecule has 7 heteroatoms. The second-order valence-electron chi connectivity index (χ2n) is 5.23. The molecule has 22 heavy (non-hydrogen) atoms. The number of aliphatic carboxylic acids is 1. The summed E-state index contributed by atoms with van der Waals surface area (Å²) in [7, 11) is 0. The molecule has 0 saturated carbocycles. The normalized spacial score (nSPS) is 22.4. The predicted molar refractivity (Wildman–Crippen MR) is 78.8 cm³/mol. The zero-order chi connectivity index (χ0) is 16.3. The molecule has 1 aromatic carbocycles. The molecule has 1 aromatic rings. The summed E-state index contributed by atoms with van der Waals surface area (Å²) in [6.07, 6.45) is -0.667. The van der Waals surface area contributed by atoms with Gasteiger partial charge in [0.05, 0.1) is 11.6 Å². The van der Waals surface area contributed by atoms with Crippen LogP contribution in [-0.2, 0) is 9.59 Å². The van der Waals surface area contributed by atoms with Gasteiger partial charge in [-0.05, 0) is 18.6 Å². The number of nitrogens with zero attached hydrogens (tertiary/aromatic N) is 1. The maximum absolute atomic E-state index is 14.0. The van der Waals surface area contributed by atoms with Gasteiger partial charge in [-0.2, -0.15) is 0 Å². The van der Waals surface area contributed by atoms with E-state index in [1.165, 1.54) is 4.90 Å². The second-order valence-corrected chi connectivity index (χ2v) is 5.63. The first kappa shape index (κ1) is 16.5. The minimum atomic E-state index is -2.38. The smallest absolute Gasteiger partial charge is 0.343 e. The Balaban J connectivity index is 2.07. The molecule has 1 aliphatic heterocycles. The summed E-state index contributed by atoms with van der Waals surface area (Å²) in [5.41, 5.74) is -2.38. The molecule has 5 nitrogen and oxygen atoms in total. The maximum Gasteiger partial charge on any atom is 0.343 e. The van der Waals surface area contributed by atoms with E-state index >= 15 is 0 Å². The number of rotatable bonds is 5. The molecule has 120 valence electrons. The van der Waals surface area contributed by atoms with E-state index < -0.39 is 30.2 Å². The number of carbonyl (C=O) groups excluding carboxylic acids is 1. The van der Waals surface area contributed by atoms with Crippen molar-refractivity contribution in [1.29, 1.82) is 0 Å². The number of alkyl halides is 1. The van der Waals surface area contributed by atoms with Gasteiger partial charge in [0.2, 0.25) is 5.67 Å². The topological polar surface area (TPSA) is 66.8 Å². The van der Waals surface area contributed by atoms with E-state index in [2.05, 4.69) is 0 Å². The van der Waals surface area contributed by atoms with Gasteiger partial charge in [-0.25, -0.2) is 9.18 Å². The molecule has 2 rings (SSSR count). The van der Waals surface area contributed by atoms with Gasteiger partial charge in [-0.15, -0.1) is 0 Å². The van der Waals surface area contributed by atoms with Crippen LogP contribution in [0.5, 0.6) is 5.75 Å². The standard InChI is InChI=1S/C15H17ClFNO4/c1-2-11(22-12-6-4-3-5-10(12)16)13(19)18-8-7-15(17,9-18)14(20)21/h3-6,11H,2,7-9H2,1H3,(H,20,21). The second kappa shape index (κ2) is 6.52. The number of carbonyl (C=O) groups is 2. The lowest BCUT2D eigenvalue weighted by atomic mass is 10.1. The fourth-order valence-corrected chi connectivity index (χ4v) is 2.52. The van der Waals surface area contributed by atoms with E-state index in [1.54, 1.807) is 31.2 Å². The summed E-state index contributed by atoms with van der Waals surface area (Å²) >= 11 is 5.99. The van der Waals surface area contributed by atoms with Crippen molar-refractivity contribution in [3.8, 4) is 5.75 Å². The lowest BCUT2D eigenvalue weighted by Crippen LogP contribution is -2.44. The molecule has 1 aliphatic rings. The van der Waals surface area contributed by atoms with Crippen molar-refractivity contribution in [2.24, 2.45) is 0 Å². The minimum absolute atomic E-state index is 0.0595. The number of likely N-dealkylation sites (tertiary alicyclic amines) is 1.